The Morgan fingerprint density at radius 1 is 1.12 bits per heavy atom. The van der Waals surface area contributed by atoms with Gasteiger partial charge in [-0.1, -0.05) is 0 Å². The Morgan fingerprint density at radius 2 is 1.82 bits per heavy atom. The fraction of sp³-hybridized carbons (Fsp3) is 0.900. The van der Waals surface area contributed by atoms with Crippen molar-refractivity contribution in [2.75, 3.05) is 27.9 Å². The van der Waals surface area contributed by atoms with E-state index < -0.39 is 36.9 Å². The van der Waals surface area contributed by atoms with Gasteiger partial charge in [0.1, 0.15) is 12.2 Å². The number of hydrogen-bond donors (Lipinski definition) is 0. The van der Waals surface area contributed by atoms with E-state index in [1.54, 1.807) is 7.11 Å². The van der Waals surface area contributed by atoms with Crippen molar-refractivity contribution >= 4 is 6.16 Å². The Bertz CT molecular complexity index is 282. The van der Waals surface area contributed by atoms with E-state index in [4.69, 9.17) is 28.4 Å². The van der Waals surface area contributed by atoms with Crippen molar-refractivity contribution in [3.05, 3.63) is 0 Å². The predicted molar refractivity (Wildman–Crippen MR) is 53.5 cm³/mol. The van der Waals surface area contributed by atoms with Crippen molar-refractivity contribution in [2.24, 2.45) is 0 Å². The van der Waals surface area contributed by atoms with Crippen LogP contribution in [0, 0.1) is 0 Å². The minimum atomic E-state index is -0.719. The van der Waals surface area contributed by atoms with Crippen molar-refractivity contribution < 1.29 is 33.2 Å². The zero-order chi connectivity index (χ0) is 12.4. The van der Waals surface area contributed by atoms with E-state index in [0.29, 0.717) is 0 Å². The lowest BCUT2D eigenvalue weighted by Gasteiger charge is -2.39. The predicted octanol–water partition coefficient (Wildman–Crippen LogP) is -0.0769. The van der Waals surface area contributed by atoms with Gasteiger partial charge < -0.3 is 28.4 Å². The SMILES string of the molecule is COC[C@H]1O[C@@H](OC)[C@H](OC)[C@H]2OC(=O)O[C@@H]21. The number of fused-ring (bicyclic) bond motifs is 1. The minimum absolute atomic E-state index is 0.286. The highest BCUT2D eigenvalue weighted by Gasteiger charge is 2.54. The molecular weight excluding hydrogens is 232 g/mol. The first-order chi connectivity index (χ1) is 8.21. The number of rotatable bonds is 4. The van der Waals surface area contributed by atoms with Gasteiger partial charge in [-0.3, -0.25) is 0 Å². The van der Waals surface area contributed by atoms with E-state index >= 15 is 0 Å². The summed E-state index contributed by atoms with van der Waals surface area (Å²) in [5, 5.41) is 0. The summed E-state index contributed by atoms with van der Waals surface area (Å²) in [6.07, 6.45) is -3.33. The third-order valence-corrected chi connectivity index (χ3v) is 2.89. The van der Waals surface area contributed by atoms with Gasteiger partial charge in [0.05, 0.1) is 6.61 Å². The van der Waals surface area contributed by atoms with Crippen molar-refractivity contribution in [3.63, 3.8) is 0 Å². The van der Waals surface area contributed by atoms with Gasteiger partial charge >= 0.3 is 6.16 Å². The second-order valence-corrected chi connectivity index (χ2v) is 3.85. The Morgan fingerprint density at radius 3 is 2.41 bits per heavy atom. The number of methoxy groups -OCH3 is 3. The zero-order valence-corrected chi connectivity index (χ0v) is 9.95. The molecule has 98 valence electrons. The summed E-state index contributed by atoms with van der Waals surface area (Å²) in [6.45, 7) is 0.286. The molecule has 0 amide bonds. The Hall–Kier alpha value is -0.890. The normalized spacial score (nSPS) is 40.6. The molecule has 0 N–H and O–H groups in total. The van der Waals surface area contributed by atoms with Gasteiger partial charge in [0.15, 0.2) is 18.5 Å². The highest BCUT2D eigenvalue weighted by Crippen LogP contribution is 2.32. The lowest BCUT2D eigenvalue weighted by Crippen LogP contribution is -2.58. The van der Waals surface area contributed by atoms with E-state index in [-0.39, 0.29) is 6.61 Å². The average molecular weight is 248 g/mol. The zero-order valence-electron chi connectivity index (χ0n) is 9.95. The maximum Gasteiger partial charge on any atom is 0.509 e. The van der Waals surface area contributed by atoms with Crippen LogP contribution in [0.1, 0.15) is 0 Å². The Balaban J connectivity index is 2.16. The van der Waals surface area contributed by atoms with Crippen molar-refractivity contribution in [3.8, 4) is 0 Å². The molecule has 0 aromatic rings. The maximum atomic E-state index is 11.2. The van der Waals surface area contributed by atoms with Crippen LogP contribution >= 0.6 is 0 Å². The van der Waals surface area contributed by atoms with E-state index in [0.717, 1.165) is 0 Å². The molecule has 5 atom stereocenters. The van der Waals surface area contributed by atoms with Gasteiger partial charge in [0.25, 0.3) is 0 Å². The molecule has 2 saturated heterocycles. The lowest BCUT2D eigenvalue weighted by molar-refractivity contribution is -0.280. The van der Waals surface area contributed by atoms with Crippen LogP contribution in [-0.4, -0.2) is 64.8 Å². The molecule has 0 aromatic heterocycles. The molecular formula is C10H16O7. The van der Waals surface area contributed by atoms with Gasteiger partial charge in [0.2, 0.25) is 0 Å². The summed E-state index contributed by atoms with van der Waals surface area (Å²) in [5.74, 6) is 0. The van der Waals surface area contributed by atoms with Crippen molar-refractivity contribution in [1.82, 2.24) is 0 Å². The van der Waals surface area contributed by atoms with Crippen LogP contribution < -0.4 is 0 Å². The molecule has 0 unspecified atom stereocenters. The molecule has 2 heterocycles. The van der Waals surface area contributed by atoms with E-state index in [2.05, 4.69) is 0 Å². The van der Waals surface area contributed by atoms with Gasteiger partial charge in [-0.25, -0.2) is 4.79 Å². The summed E-state index contributed by atoms with van der Waals surface area (Å²) < 4.78 is 31.2. The molecule has 7 nitrogen and oxygen atoms in total. The molecule has 0 bridgehead atoms. The van der Waals surface area contributed by atoms with Crippen LogP contribution in [-0.2, 0) is 28.4 Å². The highest BCUT2D eigenvalue weighted by molar-refractivity contribution is 5.63. The maximum absolute atomic E-state index is 11.2. The highest BCUT2D eigenvalue weighted by atomic mass is 16.8. The first-order valence-corrected chi connectivity index (χ1v) is 5.28. The number of ether oxygens (including phenoxy) is 6. The van der Waals surface area contributed by atoms with Crippen molar-refractivity contribution in [2.45, 2.75) is 30.7 Å². The molecule has 0 aliphatic carbocycles. The molecule has 2 rings (SSSR count). The Kier molecular flexibility index (Phi) is 3.82. The van der Waals surface area contributed by atoms with E-state index in [1.807, 2.05) is 0 Å². The molecule has 0 saturated carbocycles. The number of carbonyl (C=O) groups is 1. The van der Waals surface area contributed by atoms with E-state index in [1.165, 1.54) is 14.2 Å². The molecule has 17 heavy (non-hydrogen) atoms. The topological polar surface area (TPSA) is 72.5 Å². The fourth-order valence-corrected chi connectivity index (χ4v) is 2.14. The standard InChI is InChI=1S/C10H16O7/c1-12-4-5-6-7(17-10(11)16-6)8(13-2)9(14-3)15-5/h5-9H,4H2,1-3H3/t5-,6-,7+,8-,9-/m1/s1. The third-order valence-electron chi connectivity index (χ3n) is 2.89. The molecule has 7 heteroatoms. The first kappa shape index (κ1) is 12.6. The van der Waals surface area contributed by atoms with Gasteiger partial charge in [0, 0.05) is 21.3 Å². The first-order valence-electron chi connectivity index (χ1n) is 5.28. The van der Waals surface area contributed by atoms with Crippen LogP contribution in [0.2, 0.25) is 0 Å². The number of hydrogen-bond acceptors (Lipinski definition) is 7. The second-order valence-electron chi connectivity index (χ2n) is 3.85. The summed E-state index contributed by atoms with van der Waals surface area (Å²) in [6, 6.07) is 0. The smallest absolute Gasteiger partial charge is 0.424 e. The van der Waals surface area contributed by atoms with Crippen LogP contribution in [0.3, 0.4) is 0 Å². The molecule has 0 radical (unpaired) electrons. The molecule has 2 fully saturated rings. The second kappa shape index (κ2) is 5.18. The van der Waals surface area contributed by atoms with Gasteiger partial charge in [-0.2, -0.15) is 0 Å². The summed E-state index contributed by atoms with van der Waals surface area (Å²) in [4.78, 5) is 11.2. The quantitative estimate of drug-likeness (QED) is 0.644. The van der Waals surface area contributed by atoms with E-state index in [9.17, 15) is 4.79 Å². The van der Waals surface area contributed by atoms with Crippen LogP contribution in [0.5, 0.6) is 0 Å². The number of carbonyl (C=O) groups excluding carboxylic acids is 1. The summed E-state index contributed by atoms with van der Waals surface area (Å²) in [7, 11) is 4.54. The Labute approximate surface area is 98.9 Å². The van der Waals surface area contributed by atoms with Crippen LogP contribution in [0.4, 0.5) is 4.79 Å². The molecule has 0 aromatic carbocycles. The molecule has 2 aliphatic heterocycles. The van der Waals surface area contributed by atoms with Crippen molar-refractivity contribution in [1.29, 1.82) is 0 Å². The molecule has 0 spiro atoms. The monoisotopic (exact) mass is 248 g/mol. The minimum Gasteiger partial charge on any atom is -0.424 e. The third kappa shape index (κ3) is 2.23. The molecule has 2 aliphatic rings. The summed E-state index contributed by atoms with van der Waals surface area (Å²) in [5.41, 5.74) is 0. The lowest BCUT2D eigenvalue weighted by atomic mass is 9.99. The summed E-state index contributed by atoms with van der Waals surface area (Å²) >= 11 is 0. The van der Waals surface area contributed by atoms with Crippen LogP contribution in [0.25, 0.3) is 0 Å². The van der Waals surface area contributed by atoms with Crippen LogP contribution in [0.15, 0.2) is 0 Å². The largest absolute Gasteiger partial charge is 0.509 e. The average Bonchev–Trinajstić information content (AvgIpc) is 2.70. The van der Waals surface area contributed by atoms with Gasteiger partial charge in [-0.05, 0) is 0 Å². The van der Waals surface area contributed by atoms with Gasteiger partial charge in [-0.15, -0.1) is 0 Å². The fourth-order valence-electron chi connectivity index (χ4n) is 2.14.